The predicted octanol–water partition coefficient (Wildman–Crippen LogP) is 2.09. The average molecular weight is 355 g/mol. The molecule has 0 bridgehead atoms. The Hall–Kier alpha value is -2.76. The molecule has 0 unspecified atom stereocenters. The molecule has 26 heavy (non-hydrogen) atoms. The van der Waals surface area contributed by atoms with Crippen LogP contribution in [0.25, 0.3) is 0 Å². The highest BCUT2D eigenvalue weighted by molar-refractivity contribution is 5.94. The fraction of sp³-hybridized carbons (Fsp3) is 0.400. The van der Waals surface area contributed by atoms with Crippen LogP contribution in [-0.2, 0) is 11.8 Å². The lowest BCUT2D eigenvalue weighted by Crippen LogP contribution is -2.39. The van der Waals surface area contributed by atoms with E-state index in [0.717, 1.165) is 12.0 Å². The molecule has 0 N–H and O–H groups in total. The van der Waals surface area contributed by atoms with Gasteiger partial charge in [0.05, 0.1) is 5.56 Å². The van der Waals surface area contributed by atoms with Gasteiger partial charge in [-0.3, -0.25) is 9.59 Å². The summed E-state index contributed by atoms with van der Waals surface area (Å²) in [5.74, 6) is 0.686. The monoisotopic (exact) mass is 355 g/mol. The van der Waals surface area contributed by atoms with E-state index >= 15 is 0 Å². The third-order valence-corrected chi connectivity index (χ3v) is 4.57. The minimum atomic E-state index is -0.0412. The van der Waals surface area contributed by atoms with Gasteiger partial charge in [0.2, 0.25) is 0 Å². The Balaban J connectivity index is 1.52. The van der Waals surface area contributed by atoms with Gasteiger partial charge in [-0.15, -0.1) is 0 Å². The number of amides is 2. The first-order valence-electron chi connectivity index (χ1n) is 8.91. The van der Waals surface area contributed by atoms with E-state index in [-0.39, 0.29) is 18.4 Å². The molecule has 1 fully saturated rings. The number of hydrogen-bond acceptors (Lipinski definition) is 3. The van der Waals surface area contributed by atoms with E-state index in [0.29, 0.717) is 37.5 Å². The zero-order valence-electron chi connectivity index (χ0n) is 15.4. The summed E-state index contributed by atoms with van der Waals surface area (Å²) in [5, 5.41) is 0. The quantitative estimate of drug-likeness (QED) is 0.844. The first kappa shape index (κ1) is 18.0. The van der Waals surface area contributed by atoms with Gasteiger partial charge in [0.15, 0.2) is 6.61 Å². The highest BCUT2D eigenvalue weighted by atomic mass is 16.5. The molecule has 2 aromatic rings. The van der Waals surface area contributed by atoms with Gasteiger partial charge in [0, 0.05) is 45.6 Å². The topological polar surface area (TPSA) is 54.8 Å². The lowest BCUT2D eigenvalue weighted by Gasteiger charge is -2.22. The number of carbonyl (C=O) groups excluding carboxylic acids is 2. The minimum Gasteiger partial charge on any atom is -0.484 e. The Morgan fingerprint density at radius 2 is 1.85 bits per heavy atom. The van der Waals surface area contributed by atoms with E-state index in [2.05, 4.69) is 0 Å². The molecule has 1 aromatic heterocycles. The lowest BCUT2D eigenvalue weighted by molar-refractivity contribution is -0.133. The summed E-state index contributed by atoms with van der Waals surface area (Å²) < 4.78 is 7.48. The predicted molar refractivity (Wildman–Crippen MR) is 99.2 cm³/mol. The zero-order valence-corrected chi connectivity index (χ0v) is 15.4. The Bertz CT molecular complexity index is 784. The SMILES string of the molecule is Cc1cccc(OCC(=O)N2CCCN(C(=O)c3ccn(C)c3)CC2)c1. The second-order valence-electron chi connectivity index (χ2n) is 6.70. The molecule has 1 saturated heterocycles. The van der Waals surface area contributed by atoms with Crippen LogP contribution in [0.4, 0.5) is 0 Å². The molecule has 0 spiro atoms. The normalized spacial score (nSPS) is 14.8. The van der Waals surface area contributed by atoms with Gasteiger partial charge in [-0.05, 0) is 37.1 Å². The molecule has 138 valence electrons. The summed E-state index contributed by atoms with van der Waals surface area (Å²) in [6.07, 6.45) is 4.46. The molecule has 6 heteroatoms. The Labute approximate surface area is 154 Å². The summed E-state index contributed by atoms with van der Waals surface area (Å²) in [6, 6.07) is 9.49. The lowest BCUT2D eigenvalue weighted by atomic mass is 10.2. The van der Waals surface area contributed by atoms with E-state index in [4.69, 9.17) is 4.74 Å². The third kappa shape index (κ3) is 4.45. The number of nitrogens with zero attached hydrogens (tertiary/aromatic N) is 3. The molecule has 2 heterocycles. The molecule has 6 nitrogen and oxygen atoms in total. The van der Waals surface area contributed by atoms with Crippen molar-refractivity contribution in [2.24, 2.45) is 7.05 Å². The largest absolute Gasteiger partial charge is 0.484 e. The maximum atomic E-state index is 12.6. The van der Waals surface area contributed by atoms with Crippen molar-refractivity contribution >= 4 is 11.8 Å². The van der Waals surface area contributed by atoms with Crippen LogP contribution in [0.5, 0.6) is 5.75 Å². The highest BCUT2D eigenvalue weighted by Crippen LogP contribution is 2.13. The van der Waals surface area contributed by atoms with Crippen molar-refractivity contribution in [3.63, 3.8) is 0 Å². The Kier molecular flexibility index (Phi) is 5.61. The molecule has 1 aliphatic rings. The number of ether oxygens (including phenoxy) is 1. The number of hydrogen-bond donors (Lipinski definition) is 0. The highest BCUT2D eigenvalue weighted by Gasteiger charge is 2.23. The molecule has 1 aliphatic heterocycles. The van der Waals surface area contributed by atoms with Crippen LogP contribution in [0.15, 0.2) is 42.7 Å². The second kappa shape index (κ2) is 8.08. The number of rotatable bonds is 4. The van der Waals surface area contributed by atoms with Gasteiger partial charge in [-0.2, -0.15) is 0 Å². The Morgan fingerprint density at radius 3 is 2.58 bits per heavy atom. The second-order valence-corrected chi connectivity index (χ2v) is 6.70. The van der Waals surface area contributed by atoms with E-state index in [1.54, 1.807) is 4.90 Å². The number of benzene rings is 1. The first-order valence-corrected chi connectivity index (χ1v) is 8.91. The fourth-order valence-electron chi connectivity index (χ4n) is 3.12. The molecular formula is C20H25N3O3. The minimum absolute atomic E-state index is 0.0239. The van der Waals surface area contributed by atoms with Crippen LogP contribution >= 0.6 is 0 Å². The first-order chi connectivity index (χ1) is 12.5. The van der Waals surface area contributed by atoms with Gasteiger partial charge in [0.25, 0.3) is 11.8 Å². The third-order valence-electron chi connectivity index (χ3n) is 4.57. The van der Waals surface area contributed by atoms with Crippen LogP contribution in [0.3, 0.4) is 0 Å². The maximum absolute atomic E-state index is 12.6. The van der Waals surface area contributed by atoms with Crippen molar-refractivity contribution in [1.82, 2.24) is 14.4 Å². The molecule has 0 radical (unpaired) electrons. The van der Waals surface area contributed by atoms with Crippen molar-refractivity contribution in [3.05, 3.63) is 53.9 Å². The molecule has 3 rings (SSSR count). The van der Waals surface area contributed by atoms with Crippen LogP contribution in [0, 0.1) is 6.92 Å². The smallest absolute Gasteiger partial charge is 0.260 e. The van der Waals surface area contributed by atoms with Gasteiger partial charge in [-0.1, -0.05) is 12.1 Å². The molecule has 0 atom stereocenters. The summed E-state index contributed by atoms with van der Waals surface area (Å²) in [7, 11) is 1.90. The molecule has 0 aliphatic carbocycles. The van der Waals surface area contributed by atoms with E-state index in [1.807, 2.05) is 66.2 Å². The van der Waals surface area contributed by atoms with Crippen LogP contribution < -0.4 is 4.74 Å². The average Bonchev–Trinajstić information content (AvgIpc) is 2.91. The standard InChI is InChI=1S/C20H25N3O3/c1-16-5-3-6-18(13-16)26-15-19(24)22-8-4-9-23(12-11-22)20(25)17-7-10-21(2)14-17/h3,5-7,10,13-14H,4,8-9,11-12,15H2,1-2H3. The molecule has 2 amide bonds. The molecular weight excluding hydrogens is 330 g/mol. The van der Waals surface area contributed by atoms with Gasteiger partial charge in [-0.25, -0.2) is 0 Å². The van der Waals surface area contributed by atoms with Gasteiger partial charge < -0.3 is 19.1 Å². The zero-order chi connectivity index (χ0) is 18.5. The van der Waals surface area contributed by atoms with Crippen LogP contribution in [0.2, 0.25) is 0 Å². The van der Waals surface area contributed by atoms with Crippen molar-refractivity contribution < 1.29 is 14.3 Å². The van der Waals surface area contributed by atoms with Gasteiger partial charge >= 0.3 is 0 Å². The van der Waals surface area contributed by atoms with E-state index in [1.165, 1.54) is 0 Å². The molecule has 0 saturated carbocycles. The van der Waals surface area contributed by atoms with Crippen molar-refractivity contribution in [1.29, 1.82) is 0 Å². The van der Waals surface area contributed by atoms with Crippen molar-refractivity contribution in [2.45, 2.75) is 13.3 Å². The number of carbonyl (C=O) groups is 2. The number of aromatic nitrogens is 1. The van der Waals surface area contributed by atoms with Crippen LogP contribution in [0.1, 0.15) is 22.3 Å². The summed E-state index contributed by atoms with van der Waals surface area (Å²) in [4.78, 5) is 28.6. The summed E-state index contributed by atoms with van der Waals surface area (Å²) in [6.45, 7) is 4.40. The fourth-order valence-corrected chi connectivity index (χ4v) is 3.12. The molecule has 1 aromatic carbocycles. The number of aryl methyl sites for hydroxylation is 2. The maximum Gasteiger partial charge on any atom is 0.260 e. The van der Waals surface area contributed by atoms with E-state index < -0.39 is 0 Å². The van der Waals surface area contributed by atoms with Crippen LogP contribution in [-0.4, -0.2) is 59.0 Å². The summed E-state index contributed by atoms with van der Waals surface area (Å²) in [5.41, 5.74) is 1.79. The van der Waals surface area contributed by atoms with Crippen molar-refractivity contribution in [3.8, 4) is 5.75 Å². The van der Waals surface area contributed by atoms with Crippen molar-refractivity contribution in [2.75, 3.05) is 32.8 Å². The Morgan fingerprint density at radius 1 is 1.08 bits per heavy atom. The summed E-state index contributed by atoms with van der Waals surface area (Å²) >= 11 is 0. The van der Waals surface area contributed by atoms with E-state index in [9.17, 15) is 9.59 Å². The van der Waals surface area contributed by atoms with Gasteiger partial charge in [0.1, 0.15) is 5.75 Å².